The van der Waals surface area contributed by atoms with Gasteiger partial charge in [-0.3, -0.25) is 4.79 Å². The van der Waals surface area contributed by atoms with Crippen LogP contribution in [-0.4, -0.2) is 55.3 Å². The lowest BCUT2D eigenvalue weighted by molar-refractivity contribution is 0.102. The third-order valence-electron chi connectivity index (χ3n) is 5.02. The maximum absolute atomic E-state index is 12.8. The number of nitrogens with zero attached hydrogens (tertiary/aromatic N) is 4. The van der Waals surface area contributed by atoms with Gasteiger partial charge in [0.05, 0.1) is 24.6 Å². The molecule has 27 heavy (non-hydrogen) atoms. The maximum Gasteiger partial charge on any atom is 0.274 e. The number of carbonyl (C=O) groups is 1. The molecular formula is C20H25N5O2. The second-order valence-electron chi connectivity index (χ2n) is 6.86. The molecule has 2 aliphatic rings. The summed E-state index contributed by atoms with van der Waals surface area (Å²) >= 11 is 0. The molecule has 142 valence electrons. The zero-order valence-corrected chi connectivity index (χ0v) is 15.4. The molecule has 0 saturated carbocycles. The molecule has 0 unspecified atom stereocenters. The topological polar surface area (TPSA) is 70.6 Å². The Bertz CT molecular complexity index is 785. The lowest BCUT2D eigenvalue weighted by Gasteiger charge is -2.30. The summed E-state index contributed by atoms with van der Waals surface area (Å²) in [6.07, 6.45) is 5.20. The Labute approximate surface area is 159 Å². The summed E-state index contributed by atoms with van der Waals surface area (Å²) in [5.74, 6) is 0.431. The van der Waals surface area contributed by atoms with Gasteiger partial charge in [-0.1, -0.05) is 12.1 Å². The lowest BCUT2D eigenvalue weighted by Crippen LogP contribution is -2.36. The minimum absolute atomic E-state index is 0.212. The molecule has 2 fully saturated rings. The number of carbonyl (C=O) groups excluding carboxylic acids is 1. The molecule has 0 spiro atoms. The third kappa shape index (κ3) is 4.19. The average Bonchev–Trinajstić information content (AvgIpc) is 2.75. The summed E-state index contributed by atoms with van der Waals surface area (Å²) in [5.41, 5.74) is 2.20. The van der Waals surface area contributed by atoms with Gasteiger partial charge in [-0.25, -0.2) is 9.97 Å². The summed E-state index contributed by atoms with van der Waals surface area (Å²) in [4.78, 5) is 26.1. The van der Waals surface area contributed by atoms with E-state index in [9.17, 15) is 4.79 Å². The monoisotopic (exact) mass is 367 g/mol. The SMILES string of the molecule is O=C(Nc1ccccc1N1CCOCC1)c1ccnc(N2CCCCC2)n1. The van der Waals surface area contributed by atoms with Crippen LogP contribution in [0.1, 0.15) is 29.8 Å². The second-order valence-corrected chi connectivity index (χ2v) is 6.86. The molecule has 7 heteroatoms. The van der Waals surface area contributed by atoms with E-state index in [4.69, 9.17) is 4.74 Å². The maximum atomic E-state index is 12.8. The van der Waals surface area contributed by atoms with Gasteiger partial charge in [0.2, 0.25) is 5.95 Å². The van der Waals surface area contributed by atoms with Crippen molar-refractivity contribution in [3.63, 3.8) is 0 Å². The fourth-order valence-electron chi connectivity index (χ4n) is 3.57. The van der Waals surface area contributed by atoms with Crippen LogP contribution in [-0.2, 0) is 4.74 Å². The van der Waals surface area contributed by atoms with Gasteiger partial charge in [-0.05, 0) is 37.5 Å². The van der Waals surface area contributed by atoms with E-state index in [1.807, 2.05) is 24.3 Å². The number of anilines is 3. The Hall–Kier alpha value is -2.67. The van der Waals surface area contributed by atoms with Crippen molar-refractivity contribution in [2.75, 3.05) is 54.5 Å². The van der Waals surface area contributed by atoms with Crippen LogP contribution in [0, 0.1) is 0 Å². The van der Waals surface area contributed by atoms with Crippen LogP contribution in [0.25, 0.3) is 0 Å². The third-order valence-corrected chi connectivity index (χ3v) is 5.02. The molecule has 0 bridgehead atoms. The van der Waals surface area contributed by atoms with Crippen molar-refractivity contribution in [2.24, 2.45) is 0 Å². The molecule has 1 aromatic carbocycles. The number of hydrogen-bond acceptors (Lipinski definition) is 6. The van der Waals surface area contributed by atoms with E-state index < -0.39 is 0 Å². The fourth-order valence-corrected chi connectivity index (χ4v) is 3.57. The van der Waals surface area contributed by atoms with Crippen LogP contribution < -0.4 is 15.1 Å². The van der Waals surface area contributed by atoms with E-state index in [0.717, 1.165) is 50.4 Å². The highest BCUT2D eigenvalue weighted by molar-refractivity contribution is 6.04. The van der Waals surface area contributed by atoms with E-state index in [0.29, 0.717) is 24.9 Å². The lowest BCUT2D eigenvalue weighted by atomic mass is 10.1. The molecular weight excluding hydrogens is 342 g/mol. The van der Waals surface area contributed by atoms with Gasteiger partial charge in [-0.15, -0.1) is 0 Å². The van der Waals surface area contributed by atoms with Gasteiger partial charge < -0.3 is 19.9 Å². The molecule has 0 aliphatic carbocycles. The molecule has 4 rings (SSSR count). The molecule has 1 amide bonds. The Kier molecular flexibility index (Phi) is 5.48. The number of morpholine rings is 1. The first-order chi connectivity index (χ1) is 13.3. The van der Waals surface area contributed by atoms with Crippen molar-refractivity contribution < 1.29 is 9.53 Å². The largest absolute Gasteiger partial charge is 0.378 e. The van der Waals surface area contributed by atoms with Crippen LogP contribution in [0.2, 0.25) is 0 Å². The fraction of sp³-hybridized carbons (Fsp3) is 0.450. The zero-order chi connectivity index (χ0) is 18.5. The summed E-state index contributed by atoms with van der Waals surface area (Å²) in [7, 11) is 0. The van der Waals surface area contributed by atoms with Crippen molar-refractivity contribution in [1.82, 2.24) is 9.97 Å². The van der Waals surface area contributed by atoms with E-state index in [1.54, 1.807) is 12.3 Å². The van der Waals surface area contributed by atoms with Gasteiger partial charge in [0.25, 0.3) is 5.91 Å². The molecule has 0 radical (unpaired) electrons. The zero-order valence-electron chi connectivity index (χ0n) is 15.4. The Morgan fingerprint density at radius 2 is 1.74 bits per heavy atom. The van der Waals surface area contributed by atoms with Gasteiger partial charge >= 0.3 is 0 Å². The van der Waals surface area contributed by atoms with Gasteiger partial charge in [0.1, 0.15) is 5.69 Å². The number of aromatic nitrogens is 2. The van der Waals surface area contributed by atoms with Crippen molar-refractivity contribution in [3.05, 3.63) is 42.2 Å². The number of para-hydroxylation sites is 2. The number of benzene rings is 1. The Morgan fingerprint density at radius 3 is 2.56 bits per heavy atom. The van der Waals surface area contributed by atoms with Crippen molar-refractivity contribution >= 4 is 23.2 Å². The van der Waals surface area contributed by atoms with E-state index in [2.05, 4.69) is 25.1 Å². The first-order valence-electron chi connectivity index (χ1n) is 9.62. The number of ether oxygens (including phenoxy) is 1. The van der Waals surface area contributed by atoms with Crippen LogP contribution in [0.3, 0.4) is 0 Å². The Balaban J connectivity index is 1.51. The minimum Gasteiger partial charge on any atom is -0.378 e. The first kappa shape index (κ1) is 17.7. The van der Waals surface area contributed by atoms with E-state index >= 15 is 0 Å². The van der Waals surface area contributed by atoms with E-state index in [-0.39, 0.29) is 5.91 Å². The van der Waals surface area contributed by atoms with Gasteiger partial charge in [0, 0.05) is 32.4 Å². The molecule has 1 aromatic heterocycles. The van der Waals surface area contributed by atoms with Crippen LogP contribution >= 0.6 is 0 Å². The quantitative estimate of drug-likeness (QED) is 0.896. The number of piperidine rings is 1. The first-order valence-corrected chi connectivity index (χ1v) is 9.62. The number of amides is 1. The van der Waals surface area contributed by atoms with Gasteiger partial charge in [-0.2, -0.15) is 0 Å². The minimum atomic E-state index is -0.212. The van der Waals surface area contributed by atoms with Crippen molar-refractivity contribution in [2.45, 2.75) is 19.3 Å². The summed E-state index contributed by atoms with van der Waals surface area (Å²) in [6, 6.07) is 9.54. The van der Waals surface area contributed by atoms with Crippen LogP contribution in [0.5, 0.6) is 0 Å². The molecule has 2 aliphatic heterocycles. The van der Waals surface area contributed by atoms with E-state index in [1.165, 1.54) is 6.42 Å². The number of nitrogens with one attached hydrogen (secondary N) is 1. The van der Waals surface area contributed by atoms with Crippen LogP contribution in [0.4, 0.5) is 17.3 Å². The van der Waals surface area contributed by atoms with Crippen LogP contribution in [0.15, 0.2) is 36.5 Å². The highest BCUT2D eigenvalue weighted by Gasteiger charge is 2.19. The molecule has 3 heterocycles. The summed E-state index contributed by atoms with van der Waals surface area (Å²) < 4.78 is 5.43. The molecule has 1 N–H and O–H groups in total. The molecule has 2 aromatic rings. The van der Waals surface area contributed by atoms with Crippen molar-refractivity contribution in [3.8, 4) is 0 Å². The summed E-state index contributed by atoms with van der Waals surface area (Å²) in [5, 5.41) is 3.02. The number of hydrogen-bond donors (Lipinski definition) is 1. The highest BCUT2D eigenvalue weighted by Crippen LogP contribution is 2.27. The van der Waals surface area contributed by atoms with Crippen molar-refractivity contribution in [1.29, 1.82) is 0 Å². The number of rotatable bonds is 4. The predicted octanol–water partition coefficient (Wildman–Crippen LogP) is 2.56. The average molecular weight is 367 g/mol. The molecule has 0 atom stereocenters. The Morgan fingerprint density at radius 1 is 0.963 bits per heavy atom. The molecule has 7 nitrogen and oxygen atoms in total. The summed E-state index contributed by atoms with van der Waals surface area (Å²) in [6.45, 7) is 4.94. The smallest absolute Gasteiger partial charge is 0.274 e. The van der Waals surface area contributed by atoms with Gasteiger partial charge in [0.15, 0.2) is 0 Å². The molecule has 2 saturated heterocycles. The highest BCUT2D eigenvalue weighted by atomic mass is 16.5. The second kappa shape index (κ2) is 8.35. The normalized spacial score (nSPS) is 17.6. The predicted molar refractivity (Wildman–Crippen MR) is 106 cm³/mol. The standard InChI is InChI=1S/C20H25N5O2/c26-19(17-8-9-21-20(23-17)25-10-4-1-5-11-25)22-16-6-2-3-7-18(16)24-12-14-27-15-13-24/h2-3,6-9H,1,4-5,10-15H2,(H,22,26).